The zero-order chi connectivity index (χ0) is 11.7. The number of ketones is 1. The number of carbonyl (C=O) groups excluding carboxylic acids is 2. The molecule has 0 spiro atoms. The van der Waals surface area contributed by atoms with E-state index >= 15 is 0 Å². The molecule has 84 valence electrons. The van der Waals surface area contributed by atoms with Crippen molar-refractivity contribution in [3.63, 3.8) is 0 Å². The maximum atomic E-state index is 11.6. The second-order valence-electron chi connectivity index (χ2n) is 3.81. The molecular weight excluding hydrogens is 208 g/mol. The van der Waals surface area contributed by atoms with Crippen LogP contribution in [0.1, 0.15) is 30.6 Å². The van der Waals surface area contributed by atoms with Crippen molar-refractivity contribution >= 4 is 11.8 Å². The van der Waals surface area contributed by atoms with Gasteiger partial charge >= 0.3 is 5.97 Å². The van der Waals surface area contributed by atoms with Crippen LogP contribution in [0.15, 0.2) is 18.2 Å². The first kappa shape index (κ1) is 10.7. The summed E-state index contributed by atoms with van der Waals surface area (Å²) in [5, 5.41) is 0. The average Bonchev–Trinajstić information content (AvgIpc) is 2.15. The lowest BCUT2D eigenvalue weighted by atomic mass is 10.0. The largest absolute Gasteiger partial charge is 0.489 e. The standard InChI is InChI=1S/C12H12O4/c1-7-5-11(14)10-4-3-9(16-8(2)13)6-12(10)15-7/h3-4,6-7H,5H2,1-2H3. The minimum absolute atomic E-state index is 0.0584. The predicted octanol–water partition coefficient (Wildman–Crippen LogP) is 1.97. The van der Waals surface area contributed by atoms with Gasteiger partial charge in [0.25, 0.3) is 0 Å². The molecule has 1 aromatic carbocycles. The highest BCUT2D eigenvalue weighted by Crippen LogP contribution is 2.31. The number of rotatable bonds is 1. The second-order valence-corrected chi connectivity index (χ2v) is 3.81. The summed E-state index contributed by atoms with van der Waals surface area (Å²) in [7, 11) is 0. The number of esters is 1. The number of hydrogen-bond donors (Lipinski definition) is 0. The van der Waals surface area contributed by atoms with Crippen LogP contribution in [0.3, 0.4) is 0 Å². The molecule has 1 heterocycles. The highest BCUT2D eigenvalue weighted by molar-refractivity contribution is 6.00. The number of ether oxygens (including phenoxy) is 2. The molecule has 0 amide bonds. The Morgan fingerprint density at radius 3 is 2.94 bits per heavy atom. The van der Waals surface area contributed by atoms with E-state index in [4.69, 9.17) is 9.47 Å². The zero-order valence-electron chi connectivity index (χ0n) is 9.15. The summed E-state index contributed by atoms with van der Waals surface area (Å²) in [6, 6.07) is 4.80. The van der Waals surface area contributed by atoms with Gasteiger partial charge in [0.15, 0.2) is 5.78 Å². The Hall–Kier alpha value is -1.84. The molecule has 16 heavy (non-hydrogen) atoms. The molecule has 4 heteroatoms. The van der Waals surface area contributed by atoms with E-state index in [0.29, 0.717) is 23.5 Å². The summed E-state index contributed by atoms with van der Waals surface area (Å²) in [4.78, 5) is 22.4. The van der Waals surface area contributed by atoms with Crippen LogP contribution in [0.25, 0.3) is 0 Å². The van der Waals surface area contributed by atoms with Crippen LogP contribution < -0.4 is 9.47 Å². The van der Waals surface area contributed by atoms with Gasteiger partial charge in [-0.1, -0.05) is 0 Å². The molecule has 0 saturated heterocycles. The lowest BCUT2D eigenvalue weighted by Crippen LogP contribution is -2.23. The Morgan fingerprint density at radius 2 is 2.25 bits per heavy atom. The lowest BCUT2D eigenvalue weighted by molar-refractivity contribution is -0.131. The zero-order valence-corrected chi connectivity index (χ0v) is 9.15. The number of carbonyl (C=O) groups is 2. The number of fused-ring (bicyclic) bond motifs is 1. The smallest absolute Gasteiger partial charge is 0.308 e. The Morgan fingerprint density at radius 1 is 1.50 bits per heavy atom. The van der Waals surface area contributed by atoms with Gasteiger partial charge in [-0.05, 0) is 19.1 Å². The van der Waals surface area contributed by atoms with Crippen LogP contribution in [0.5, 0.6) is 11.5 Å². The fraction of sp³-hybridized carbons (Fsp3) is 0.333. The van der Waals surface area contributed by atoms with Crippen LogP contribution in [-0.4, -0.2) is 17.9 Å². The van der Waals surface area contributed by atoms with E-state index in [1.807, 2.05) is 6.92 Å². The fourth-order valence-electron chi connectivity index (χ4n) is 1.69. The molecule has 0 aromatic heterocycles. The van der Waals surface area contributed by atoms with E-state index in [2.05, 4.69) is 0 Å². The highest BCUT2D eigenvalue weighted by Gasteiger charge is 2.23. The van der Waals surface area contributed by atoms with Gasteiger partial charge in [-0.15, -0.1) is 0 Å². The van der Waals surface area contributed by atoms with Crippen molar-refractivity contribution in [2.45, 2.75) is 26.4 Å². The van der Waals surface area contributed by atoms with Gasteiger partial charge in [-0.3, -0.25) is 9.59 Å². The first-order valence-corrected chi connectivity index (χ1v) is 5.08. The van der Waals surface area contributed by atoms with E-state index in [9.17, 15) is 9.59 Å². The van der Waals surface area contributed by atoms with Gasteiger partial charge in [0, 0.05) is 19.4 Å². The van der Waals surface area contributed by atoms with E-state index in [0.717, 1.165) is 0 Å². The van der Waals surface area contributed by atoms with E-state index in [-0.39, 0.29) is 11.9 Å². The van der Waals surface area contributed by atoms with Crippen LogP contribution in [-0.2, 0) is 4.79 Å². The first-order chi connectivity index (χ1) is 7.56. The summed E-state index contributed by atoms with van der Waals surface area (Å²) in [6.45, 7) is 3.16. The summed E-state index contributed by atoms with van der Waals surface area (Å²) >= 11 is 0. The van der Waals surface area contributed by atoms with Crippen LogP contribution >= 0.6 is 0 Å². The van der Waals surface area contributed by atoms with Gasteiger partial charge < -0.3 is 9.47 Å². The molecule has 0 bridgehead atoms. The molecule has 2 rings (SSSR count). The van der Waals surface area contributed by atoms with Crippen LogP contribution in [0.4, 0.5) is 0 Å². The minimum atomic E-state index is -0.393. The van der Waals surface area contributed by atoms with Crippen LogP contribution in [0, 0.1) is 0 Å². The highest BCUT2D eigenvalue weighted by atomic mass is 16.5. The third-order valence-corrected chi connectivity index (χ3v) is 2.32. The number of benzene rings is 1. The van der Waals surface area contributed by atoms with Crippen molar-refractivity contribution < 1.29 is 19.1 Å². The topological polar surface area (TPSA) is 52.6 Å². The summed E-state index contributed by atoms with van der Waals surface area (Å²) in [5.41, 5.74) is 0.550. The molecule has 1 atom stereocenters. The van der Waals surface area contributed by atoms with Gasteiger partial charge in [-0.25, -0.2) is 0 Å². The molecule has 4 nitrogen and oxygen atoms in total. The maximum Gasteiger partial charge on any atom is 0.308 e. The first-order valence-electron chi connectivity index (χ1n) is 5.08. The number of Topliss-reactive ketones (excluding diaryl/α,β-unsaturated/α-hetero) is 1. The van der Waals surface area contributed by atoms with Crippen molar-refractivity contribution in [1.82, 2.24) is 0 Å². The Labute approximate surface area is 93.2 Å². The predicted molar refractivity (Wildman–Crippen MR) is 56.8 cm³/mol. The van der Waals surface area contributed by atoms with Crippen molar-refractivity contribution in [3.05, 3.63) is 23.8 Å². The van der Waals surface area contributed by atoms with E-state index < -0.39 is 5.97 Å². The van der Waals surface area contributed by atoms with Gasteiger partial charge in [0.2, 0.25) is 0 Å². The quantitative estimate of drug-likeness (QED) is 0.536. The molecular formula is C12H12O4. The summed E-state index contributed by atoms with van der Waals surface area (Å²) in [5.74, 6) is 0.550. The molecule has 1 unspecified atom stereocenters. The average molecular weight is 220 g/mol. The van der Waals surface area contributed by atoms with Gasteiger partial charge in [0.1, 0.15) is 17.6 Å². The third kappa shape index (κ3) is 2.05. The van der Waals surface area contributed by atoms with Crippen molar-refractivity contribution in [1.29, 1.82) is 0 Å². The molecule has 0 fully saturated rings. The van der Waals surface area contributed by atoms with E-state index in [1.54, 1.807) is 18.2 Å². The Kier molecular flexibility index (Phi) is 2.64. The summed E-state index contributed by atoms with van der Waals surface area (Å²) in [6.07, 6.45) is 0.257. The van der Waals surface area contributed by atoms with Crippen molar-refractivity contribution in [2.24, 2.45) is 0 Å². The molecule has 0 saturated carbocycles. The normalized spacial score (nSPS) is 18.6. The second kappa shape index (κ2) is 3.96. The minimum Gasteiger partial charge on any atom is -0.489 e. The molecule has 1 aliphatic rings. The molecule has 0 N–H and O–H groups in total. The van der Waals surface area contributed by atoms with Gasteiger partial charge in [-0.2, -0.15) is 0 Å². The van der Waals surface area contributed by atoms with Gasteiger partial charge in [0.05, 0.1) is 5.56 Å². The van der Waals surface area contributed by atoms with Crippen molar-refractivity contribution in [2.75, 3.05) is 0 Å². The van der Waals surface area contributed by atoms with E-state index in [1.165, 1.54) is 6.92 Å². The monoisotopic (exact) mass is 220 g/mol. The molecule has 1 aliphatic heterocycles. The molecule has 1 aromatic rings. The fourth-order valence-corrected chi connectivity index (χ4v) is 1.69. The summed E-state index contributed by atoms with van der Waals surface area (Å²) < 4.78 is 10.4. The molecule has 0 aliphatic carbocycles. The Balaban J connectivity index is 2.34. The Bertz CT molecular complexity index is 450. The number of hydrogen-bond acceptors (Lipinski definition) is 4. The third-order valence-electron chi connectivity index (χ3n) is 2.32. The maximum absolute atomic E-state index is 11.6. The van der Waals surface area contributed by atoms with Crippen LogP contribution in [0.2, 0.25) is 0 Å². The molecule has 0 radical (unpaired) electrons. The van der Waals surface area contributed by atoms with Crippen molar-refractivity contribution in [3.8, 4) is 11.5 Å². The lowest BCUT2D eigenvalue weighted by Gasteiger charge is -2.22. The SMILES string of the molecule is CC(=O)Oc1ccc2c(c1)OC(C)CC2=O.